The van der Waals surface area contributed by atoms with E-state index in [1.165, 1.54) is 11.1 Å². The molecule has 0 aliphatic carbocycles. The number of aliphatic imine (C=N–C) groups is 1. The highest BCUT2D eigenvalue weighted by Gasteiger charge is 2.14. The lowest BCUT2D eigenvalue weighted by atomic mass is 10.0. The van der Waals surface area contributed by atoms with Crippen molar-refractivity contribution in [3.63, 3.8) is 0 Å². The van der Waals surface area contributed by atoms with Gasteiger partial charge in [-0.25, -0.2) is 0 Å². The van der Waals surface area contributed by atoms with Crippen LogP contribution in [0.2, 0.25) is 0 Å². The average molecular weight is 492 g/mol. The van der Waals surface area contributed by atoms with Crippen LogP contribution in [0.15, 0.2) is 29.3 Å². The van der Waals surface area contributed by atoms with Gasteiger partial charge in [0, 0.05) is 33.9 Å². The molecule has 27 heavy (non-hydrogen) atoms. The zero-order valence-electron chi connectivity index (χ0n) is 17.5. The van der Waals surface area contributed by atoms with E-state index in [4.69, 9.17) is 9.47 Å². The first-order chi connectivity index (χ1) is 12.6. The lowest BCUT2D eigenvalue weighted by molar-refractivity contribution is 0.0698. The van der Waals surface area contributed by atoms with Crippen molar-refractivity contribution in [2.24, 2.45) is 4.99 Å². The fourth-order valence-electron chi connectivity index (χ4n) is 2.61. The molecule has 0 amide bonds. The molecule has 1 unspecified atom stereocenters. The molecule has 0 fully saturated rings. The second-order valence-corrected chi connectivity index (χ2v) is 6.41. The Morgan fingerprint density at radius 2 is 1.81 bits per heavy atom. The third-order valence-electron chi connectivity index (χ3n) is 4.27. The molecule has 156 valence electrons. The van der Waals surface area contributed by atoms with Crippen LogP contribution in [0.3, 0.4) is 0 Å². The first-order valence-electron chi connectivity index (χ1n) is 9.38. The van der Waals surface area contributed by atoms with Crippen LogP contribution < -0.4 is 10.6 Å². The summed E-state index contributed by atoms with van der Waals surface area (Å²) in [4.78, 5) is 6.53. The maximum absolute atomic E-state index is 5.46. The Kier molecular flexibility index (Phi) is 15.6. The fourth-order valence-corrected chi connectivity index (χ4v) is 2.61. The van der Waals surface area contributed by atoms with Crippen molar-refractivity contribution >= 4 is 29.9 Å². The van der Waals surface area contributed by atoms with Crippen LogP contribution in [0.5, 0.6) is 0 Å². The van der Waals surface area contributed by atoms with E-state index in [0.29, 0.717) is 13.2 Å². The maximum Gasteiger partial charge on any atom is 0.191 e. The molecule has 0 saturated heterocycles. The number of nitrogens with zero attached hydrogens (tertiary/aromatic N) is 2. The van der Waals surface area contributed by atoms with Gasteiger partial charge < -0.3 is 25.0 Å². The molecule has 7 heteroatoms. The van der Waals surface area contributed by atoms with Crippen LogP contribution in [0.1, 0.15) is 30.5 Å². The third kappa shape index (κ3) is 10.9. The summed E-state index contributed by atoms with van der Waals surface area (Å²) in [5.74, 6) is 0.818. The van der Waals surface area contributed by atoms with Gasteiger partial charge in [-0.15, -0.1) is 24.0 Å². The van der Waals surface area contributed by atoms with Gasteiger partial charge in [0.1, 0.15) is 0 Å². The van der Waals surface area contributed by atoms with E-state index in [1.54, 1.807) is 14.2 Å². The van der Waals surface area contributed by atoms with E-state index in [0.717, 1.165) is 38.5 Å². The van der Waals surface area contributed by atoms with E-state index < -0.39 is 0 Å². The van der Waals surface area contributed by atoms with E-state index in [9.17, 15) is 0 Å². The molecule has 6 nitrogen and oxygen atoms in total. The summed E-state index contributed by atoms with van der Waals surface area (Å²) in [6, 6.07) is 9.15. The van der Waals surface area contributed by atoms with Crippen LogP contribution in [-0.2, 0) is 15.9 Å². The second-order valence-electron chi connectivity index (χ2n) is 6.41. The Bertz CT molecular complexity index is 509. The average Bonchev–Trinajstić information content (AvgIpc) is 2.66. The van der Waals surface area contributed by atoms with Gasteiger partial charge in [0.25, 0.3) is 0 Å². The number of halogens is 1. The third-order valence-corrected chi connectivity index (χ3v) is 4.27. The Labute approximate surface area is 182 Å². The SMILES string of the molecule is CCc1ccc(C(CNC(=NC)NCCCOCCOC)N(C)C)cc1.I. The number of benzene rings is 1. The quantitative estimate of drug-likeness (QED) is 0.204. The zero-order chi connectivity index (χ0) is 19.2. The first kappa shape index (κ1) is 26.1. The first-order valence-corrected chi connectivity index (χ1v) is 9.38. The van der Waals surface area contributed by atoms with Gasteiger partial charge in [-0.1, -0.05) is 31.2 Å². The normalized spacial score (nSPS) is 12.6. The Hall–Kier alpha value is -0.900. The van der Waals surface area contributed by atoms with Crippen molar-refractivity contribution < 1.29 is 9.47 Å². The molecule has 0 radical (unpaired) electrons. The van der Waals surface area contributed by atoms with Crippen LogP contribution in [0.4, 0.5) is 0 Å². The number of methoxy groups -OCH3 is 1. The summed E-state index contributed by atoms with van der Waals surface area (Å²) >= 11 is 0. The van der Waals surface area contributed by atoms with Crippen molar-refractivity contribution in [3.8, 4) is 0 Å². The van der Waals surface area contributed by atoms with Gasteiger partial charge in [0.05, 0.1) is 19.3 Å². The summed E-state index contributed by atoms with van der Waals surface area (Å²) in [5, 5.41) is 6.76. The molecule has 2 N–H and O–H groups in total. The van der Waals surface area contributed by atoms with Gasteiger partial charge >= 0.3 is 0 Å². The molecular formula is C20H37IN4O2. The highest BCUT2D eigenvalue weighted by Crippen LogP contribution is 2.18. The van der Waals surface area contributed by atoms with Crippen molar-refractivity contribution in [2.75, 3.05) is 61.2 Å². The topological polar surface area (TPSA) is 58.1 Å². The highest BCUT2D eigenvalue weighted by molar-refractivity contribution is 14.0. The summed E-state index contributed by atoms with van der Waals surface area (Å²) in [7, 11) is 7.69. The second kappa shape index (κ2) is 16.1. The maximum atomic E-state index is 5.46. The van der Waals surface area contributed by atoms with E-state index in [2.05, 4.69) is 65.8 Å². The van der Waals surface area contributed by atoms with Crippen molar-refractivity contribution in [2.45, 2.75) is 25.8 Å². The van der Waals surface area contributed by atoms with Crippen molar-refractivity contribution in [1.82, 2.24) is 15.5 Å². The summed E-state index contributed by atoms with van der Waals surface area (Å²) in [6.45, 7) is 5.80. The standard InChI is InChI=1S/C20H36N4O2.HI/c1-6-17-8-10-18(11-9-17)19(24(3)4)16-23-20(21-2)22-12-7-13-26-15-14-25-5;/h8-11,19H,6-7,12-16H2,1-5H3,(H2,21,22,23);1H. The van der Waals surface area contributed by atoms with E-state index in [1.807, 2.05) is 0 Å². The number of hydrogen-bond acceptors (Lipinski definition) is 4. The lowest BCUT2D eigenvalue weighted by Crippen LogP contribution is -2.42. The molecule has 0 spiro atoms. The smallest absolute Gasteiger partial charge is 0.191 e. The molecule has 0 aliphatic heterocycles. The minimum Gasteiger partial charge on any atom is -0.382 e. The molecule has 0 heterocycles. The van der Waals surface area contributed by atoms with Crippen LogP contribution >= 0.6 is 24.0 Å². The van der Waals surface area contributed by atoms with E-state index in [-0.39, 0.29) is 30.0 Å². The minimum absolute atomic E-state index is 0. The molecule has 1 rings (SSSR count). The van der Waals surface area contributed by atoms with Gasteiger partial charge in [-0.05, 0) is 38.1 Å². The number of ether oxygens (including phenoxy) is 2. The van der Waals surface area contributed by atoms with Crippen molar-refractivity contribution in [3.05, 3.63) is 35.4 Å². The van der Waals surface area contributed by atoms with Crippen molar-refractivity contribution in [1.29, 1.82) is 0 Å². The molecule has 0 aliphatic rings. The van der Waals surface area contributed by atoms with Crippen LogP contribution in [0, 0.1) is 0 Å². The minimum atomic E-state index is 0. The summed E-state index contributed by atoms with van der Waals surface area (Å²) < 4.78 is 10.4. The molecule has 1 aromatic carbocycles. The predicted molar refractivity (Wildman–Crippen MR) is 124 cm³/mol. The Morgan fingerprint density at radius 3 is 2.37 bits per heavy atom. The molecule has 1 aromatic rings. The number of hydrogen-bond donors (Lipinski definition) is 2. The molecule has 1 atom stereocenters. The number of aryl methyl sites for hydroxylation is 1. The van der Waals surface area contributed by atoms with E-state index >= 15 is 0 Å². The summed E-state index contributed by atoms with van der Waals surface area (Å²) in [5.41, 5.74) is 2.67. The number of nitrogens with one attached hydrogen (secondary N) is 2. The number of rotatable bonds is 12. The van der Waals surface area contributed by atoms with Crippen LogP contribution in [0.25, 0.3) is 0 Å². The molecule has 0 saturated carbocycles. The summed E-state index contributed by atoms with van der Waals surface area (Å²) in [6.07, 6.45) is 2.00. The highest BCUT2D eigenvalue weighted by atomic mass is 127. The monoisotopic (exact) mass is 492 g/mol. The predicted octanol–water partition coefficient (Wildman–Crippen LogP) is 2.69. The number of likely N-dealkylation sites (N-methyl/N-ethyl adjacent to an activating group) is 1. The number of guanidine groups is 1. The largest absolute Gasteiger partial charge is 0.382 e. The van der Waals surface area contributed by atoms with Gasteiger partial charge in [0.15, 0.2) is 5.96 Å². The fraction of sp³-hybridized carbons (Fsp3) is 0.650. The Balaban J connectivity index is 0.00000676. The van der Waals surface area contributed by atoms with Crippen LogP contribution in [-0.4, -0.2) is 72.0 Å². The lowest BCUT2D eigenvalue weighted by Gasteiger charge is -2.26. The molecule has 0 aromatic heterocycles. The molecular weight excluding hydrogens is 455 g/mol. The Morgan fingerprint density at radius 1 is 1.11 bits per heavy atom. The van der Waals surface area contributed by atoms with Gasteiger partial charge in [0.2, 0.25) is 0 Å². The molecule has 0 bridgehead atoms. The van der Waals surface area contributed by atoms with Gasteiger partial charge in [-0.2, -0.15) is 0 Å². The van der Waals surface area contributed by atoms with Gasteiger partial charge in [-0.3, -0.25) is 4.99 Å². The zero-order valence-corrected chi connectivity index (χ0v) is 19.8.